The number of nitrogens with one attached hydrogen (secondary N) is 1. The van der Waals surface area contributed by atoms with Crippen molar-refractivity contribution in [3.05, 3.63) is 60.3 Å². The topological polar surface area (TPSA) is 84.0 Å². The minimum Gasteiger partial charge on any atom is -0.444 e. The maximum atomic E-state index is 12.1. The van der Waals surface area contributed by atoms with Gasteiger partial charge in [-0.3, -0.25) is 10.1 Å². The van der Waals surface area contributed by atoms with E-state index < -0.39 is 6.09 Å². The molecule has 3 aromatic rings. The van der Waals surface area contributed by atoms with Gasteiger partial charge in [0, 0.05) is 13.2 Å². The van der Waals surface area contributed by atoms with Crippen LogP contribution in [0.4, 0.5) is 10.7 Å². The molecule has 1 N–H and O–H groups in total. The smallest absolute Gasteiger partial charge is 0.416 e. The second-order valence-corrected chi connectivity index (χ2v) is 4.80. The molecule has 0 unspecified atom stereocenters. The van der Waals surface area contributed by atoms with E-state index in [0.717, 1.165) is 5.56 Å². The fraction of sp³-hybridized carbons (Fsp3) is 0.125. The highest BCUT2D eigenvalue weighted by atomic mass is 16.6. The molecule has 0 aliphatic rings. The molecular formula is C16H15N5O2. The summed E-state index contributed by atoms with van der Waals surface area (Å²) in [6, 6.07) is 14.9. The van der Waals surface area contributed by atoms with Crippen LogP contribution in [-0.4, -0.2) is 33.3 Å². The molecule has 0 bridgehead atoms. The average Bonchev–Trinajstić information content (AvgIpc) is 3.11. The Bertz CT molecular complexity index is 773. The highest BCUT2D eigenvalue weighted by Crippen LogP contribution is 2.15. The van der Waals surface area contributed by atoms with E-state index in [4.69, 9.17) is 4.74 Å². The molecule has 0 fully saturated rings. The number of amides is 1. The van der Waals surface area contributed by atoms with Crippen molar-refractivity contribution in [2.24, 2.45) is 0 Å². The summed E-state index contributed by atoms with van der Waals surface area (Å²) in [5, 5.41) is 6.78. The van der Waals surface area contributed by atoms with Crippen LogP contribution in [0.1, 0.15) is 5.56 Å². The molecule has 7 heteroatoms. The SMILES string of the molecule is CN(C(=O)OCc1ccccc1)c1n[nH]c(-c2ccccn2)n1. The van der Waals surface area contributed by atoms with E-state index in [9.17, 15) is 4.79 Å². The maximum Gasteiger partial charge on any atom is 0.416 e. The molecule has 2 heterocycles. The van der Waals surface area contributed by atoms with Crippen molar-refractivity contribution >= 4 is 12.0 Å². The molecule has 1 amide bonds. The van der Waals surface area contributed by atoms with Crippen molar-refractivity contribution < 1.29 is 9.53 Å². The van der Waals surface area contributed by atoms with Gasteiger partial charge in [-0.2, -0.15) is 4.98 Å². The molecule has 0 atom stereocenters. The molecule has 3 rings (SSSR count). The van der Waals surface area contributed by atoms with Gasteiger partial charge in [0.1, 0.15) is 12.3 Å². The Kier molecular flexibility index (Phi) is 4.28. The van der Waals surface area contributed by atoms with E-state index in [1.54, 1.807) is 19.3 Å². The monoisotopic (exact) mass is 309 g/mol. The molecule has 0 aliphatic heterocycles. The first-order valence-corrected chi connectivity index (χ1v) is 7.02. The van der Waals surface area contributed by atoms with E-state index >= 15 is 0 Å². The van der Waals surface area contributed by atoms with Crippen molar-refractivity contribution in [1.82, 2.24) is 20.2 Å². The van der Waals surface area contributed by atoms with Crippen LogP contribution in [0.15, 0.2) is 54.7 Å². The second-order valence-electron chi connectivity index (χ2n) is 4.80. The Morgan fingerprint density at radius 2 is 1.96 bits per heavy atom. The number of aromatic nitrogens is 4. The van der Waals surface area contributed by atoms with Crippen molar-refractivity contribution in [2.45, 2.75) is 6.61 Å². The summed E-state index contributed by atoms with van der Waals surface area (Å²) >= 11 is 0. The fourth-order valence-corrected chi connectivity index (χ4v) is 1.92. The zero-order chi connectivity index (χ0) is 16.1. The standard InChI is InChI=1S/C16H15N5O2/c1-21(16(22)23-11-12-7-3-2-4-8-12)15-18-14(19-20-15)13-9-5-6-10-17-13/h2-10H,11H2,1H3,(H,18,19,20). The van der Waals surface area contributed by atoms with Crippen LogP contribution in [0.2, 0.25) is 0 Å². The van der Waals surface area contributed by atoms with Gasteiger partial charge in [0.2, 0.25) is 0 Å². The lowest BCUT2D eigenvalue weighted by molar-refractivity contribution is 0.148. The van der Waals surface area contributed by atoms with Crippen LogP contribution in [0.5, 0.6) is 0 Å². The van der Waals surface area contributed by atoms with E-state index in [1.807, 2.05) is 42.5 Å². The predicted molar refractivity (Wildman–Crippen MR) is 84.6 cm³/mol. The Hall–Kier alpha value is -3.22. The van der Waals surface area contributed by atoms with Crippen LogP contribution in [0, 0.1) is 0 Å². The Balaban J connectivity index is 1.65. The van der Waals surface area contributed by atoms with E-state index in [0.29, 0.717) is 11.5 Å². The van der Waals surface area contributed by atoms with Gasteiger partial charge < -0.3 is 4.74 Å². The molecule has 23 heavy (non-hydrogen) atoms. The number of carbonyl (C=O) groups excluding carboxylic acids is 1. The summed E-state index contributed by atoms with van der Waals surface area (Å²) in [7, 11) is 1.55. The number of anilines is 1. The summed E-state index contributed by atoms with van der Waals surface area (Å²) in [5.41, 5.74) is 1.57. The third-order valence-electron chi connectivity index (χ3n) is 3.16. The minimum absolute atomic E-state index is 0.196. The molecule has 116 valence electrons. The summed E-state index contributed by atoms with van der Waals surface area (Å²) in [4.78, 5) is 21.7. The molecule has 7 nitrogen and oxygen atoms in total. The number of pyridine rings is 1. The van der Waals surface area contributed by atoms with Gasteiger partial charge >= 0.3 is 6.09 Å². The predicted octanol–water partition coefficient (Wildman–Crippen LogP) is 2.64. The number of aromatic amines is 1. The molecule has 0 saturated carbocycles. The third-order valence-corrected chi connectivity index (χ3v) is 3.16. The van der Waals surface area contributed by atoms with Gasteiger partial charge in [-0.05, 0) is 17.7 Å². The lowest BCUT2D eigenvalue weighted by Gasteiger charge is -2.12. The van der Waals surface area contributed by atoms with Gasteiger partial charge in [-0.15, -0.1) is 5.10 Å². The van der Waals surface area contributed by atoms with E-state index in [1.165, 1.54) is 4.90 Å². The Morgan fingerprint density at radius 1 is 1.17 bits per heavy atom. The number of hydrogen-bond donors (Lipinski definition) is 1. The minimum atomic E-state index is -0.527. The number of hydrogen-bond acceptors (Lipinski definition) is 5. The summed E-state index contributed by atoms with van der Waals surface area (Å²) in [5.74, 6) is 0.715. The van der Waals surface area contributed by atoms with Crippen LogP contribution in [0.3, 0.4) is 0 Å². The lowest BCUT2D eigenvalue weighted by atomic mass is 10.2. The highest BCUT2D eigenvalue weighted by molar-refractivity contribution is 5.84. The number of H-pyrrole nitrogens is 1. The first-order valence-electron chi connectivity index (χ1n) is 7.02. The maximum absolute atomic E-state index is 12.1. The first-order chi connectivity index (χ1) is 11.2. The first kappa shape index (κ1) is 14.7. The largest absolute Gasteiger partial charge is 0.444 e. The van der Waals surface area contributed by atoms with E-state index in [-0.39, 0.29) is 12.6 Å². The number of carbonyl (C=O) groups is 1. The van der Waals surface area contributed by atoms with Gasteiger partial charge in [0.15, 0.2) is 5.82 Å². The molecule has 1 aromatic carbocycles. The Labute approximate surface area is 133 Å². The lowest BCUT2D eigenvalue weighted by Crippen LogP contribution is -2.28. The molecule has 0 saturated heterocycles. The van der Waals surface area contributed by atoms with Gasteiger partial charge in [-0.25, -0.2) is 9.69 Å². The van der Waals surface area contributed by atoms with Gasteiger partial charge in [-0.1, -0.05) is 36.4 Å². The third kappa shape index (κ3) is 3.52. The quantitative estimate of drug-likeness (QED) is 0.801. The van der Waals surface area contributed by atoms with Crippen molar-refractivity contribution in [3.63, 3.8) is 0 Å². The molecule has 0 spiro atoms. The molecule has 0 aliphatic carbocycles. The highest BCUT2D eigenvalue weighted by Gasteiger charge is 2.17. The normalized spacial score (nSPS) is 10.3. The van der Waals surface area contributed by atoms with Crippen LogP contribution in [0.25, 0.3) is 11.5 Å². The average molecular weight is 309 g/mol. The fourth-order valence-electron chi connectivity index (χ4n) is 1.92. The van der Waals surface area contributed by atoms with Crippen LogP contribution < -0.4 is 4.90 Å². The second kappa shape index (κ2) is 6.69. The van der Waals surface area contributed by atoms with Crippen LogP contribution in [-0.2, 0) is 11.3 Å². The summed E-state index contributed by atoms with van der Waals surface area (Å²) in [6.45, 7) is 0.196. The zero-order valence-corrected chi connectivity index (χ0v) is 12.5. The van der Waals surface area contributed by atoms with Crippen LogP contribution >= 0.6 is 0 Å². The molecular weight excluding hydrogens is 294 g/mol. The van der Waals surface area contributed by atoms with Crippen molar-refractivity contribution in [3.8, 4) is 11.5 Å². The number of rotatable bonds is 4. The van der Waals surface area contributed by atoms with Gasteiger partial charge in [0.25, 0.3) is 5.95 Å². The summed E-state index contributed by atoms with van der Waals surface area (Å²) < 4.78 is 5.24. The number of nitrogens with zero attached hydrogens (tertiary/aromatic N) is 4. The Morgan fingerprint density at radius 3 is 2.70 bits per heavy atom. The van der Waals surface area contributed by atoms with Crippen molar-refractivity contribution in [1.29, 1.82) is 0 Å². The van der Waals surface area contributed by atoms with Crippen molar-refractivity contribution in [2.75, 3.05) is 11.9 Å². The number of ether oxygens (including phenoxy) is 1. The van der Waals surface area contributed by atoms with E-state index in [2.05, 4.69) is 20.2 Å². The number of benzene rings is 1. The van der Waals surface area contributed by atoms with Gasteiger partial charge in [0.05, 0.1) is 0 Å². The molecule has 0 radical (unpaired) electrons. The molecule has 2 aromatic heterocycles. The summed E-state index contributed by atoms with van der Waals surface area (Å²) in [6.07, 6.45) is 1.13. The zero-order valence-electron chi connectivity index (χ0n) is 12.5.